The predicted molar refractivity (Wildman–Crippen MR) is 167 cm³/mol. The van der Waals surface area contributed by atoms with Crippen LogP contribution in [0.25, 0.3) is 16.9 Å². The number of phenolic OH excluding ortho intramolecular Hbond substituents is 1. The van der Waals surface area contributed by atoms with Gasteiger partial charge in [-0.15, -0.1) is 0 Å². The number of carbonyl (C=O) groups is 3. The highest BCUT2D eigenvalue weighted by atomic mass is 16.3. The fraction of sp³-hybridized carbons (Fsp3) is 0.286. The Bertz CT molecular complexity index is 1800. The predicted octanol–water partition coefficient (Wildman–Crippen LogP) is 2.92. The molecule has 0 saturated heterocycles. The number of rotatable bonds is 7. The van der Waals surface area contributed by atoms with E-state index in [9.17, 15) is 34.8 Å². The van der Waals surface area contributed by atoms with Crippen LogP contribution in [0.5, 0.6) is 5.75 Å². The summed E-state index contributed by atoms with van der Waals surface area (Å²) in [5, 5.41) is 48.7. The Hall–Kier alpha value is -4.77. The first-order valence-corrected chi connectivity index (χ1v) is 14.8. The highest BCUT2D eigenvalue weighted by Crippen LogP contribution is 2.53. The molecule has 6 rings (SSSR count). The van der Waals surface area contributed by atoms with Crippen molar-refractivity contribution < 1.29 is 34.8 Å². The third-order valence-corrected chi connectivity index (χ3v) is 9.34. The first-order valence-electron chi connectivity index (χ1n) is 14.8. The number of amides is 1. The quantitative estimate of drug-likeness (QED) is 0.220. The van der Waals surface area contributed by atoms with Crippen LogP contribution in [0.2, 0.25) is 0 Å². The van der Waals surface area contributed by atoms with Crippen molar-refractivity contribution in [3.05, 3.63) is 106 Å². The van der Waals surface area contributed by atoms with Gasteiger partial charge in [0.25, 0.3) is 5.91 Å². The summed E-state index contributed by atoms with van der Waals surface area (Å²) in [5.74, 6) is -6.71. The molecule has 10 nitrogen and oxygen atoms in total. The average Bonchev–Trinajstić information content (AvgIpc) is 2.99. The maximum absolute atomic E-state index is 14.1. The molecular formula is C35H35N3O7. The number of hydrogen-bond donors (Lipinski definition) is 6. The van der Waals surface area contributed by atoms with Crippen molar-refractivity contribution in [1.82, 2.24) is 10.2 Å². The Kier molecular flexibility index (Phi) is 7.60. The third kappa shape index (κ3) is 4.82. The molecule has 45 heavy (non-hydrogen) atoms. The lowest BCUT2D eigenvalue weighted by molar-refractivity contribution is -0.153. The summed E-state index contributed by atoms with van der Waals surface area (Å²) in [5.41, 5.74) is 6.22. The van der Waals surface area contributed by atoms with Crippen molar-refractivity contribution in [3.63, 3.8) is 0 Å². The maximum Gasteiger partial charge on any atom is 0.255 e. The molecule has 0 radical (unpaired) electrons. The maximum atomic E-state index is 14.1. The lowest BCUT2D eigenvalue weighted by Gasteiger charge is -2.50. The minimum atomic E-state index is -2.67. The van der Waals surface area contributed by atoms with Gasteiger partial charge >= 0.3 is 0 Å². The van der Waals surface area contributed by atoms with Crippen LogP contribution < -0.4 is 11.1 Å². The topological polar surface area (TPSA) is 173 Å². The number of aliphatic hydroxyl groups is 3. The zero-order chi connectivity index (χ0) is 32.2. The number of nitrogens with two attached hydrogens (primary N) is 1. The van der Waals surface area contributed by atoms with Gasteiger partial charge in [-0.1, -0.05) is 54.6 Å². The van der Waals surface area contributed by atoms with Crippen molar-refractivity contribution in [3.8, 4) is 16.9 Å². The summed E-state index contributed by atoms with van der Waals surface area (Å²) in [7, 11) is 3.15. The van der Waals surface area contributed by atoms with E-state index in [1.165, 1.54) is 16.5 Å². The number of ketones is 2. The van der Waals surface area contributed by atoms with E-state index in [0.717, 1.165) is 16.7 Å². The van der Waals surface area contributed by atoms with E-state index in [-0.39, 0.29) is 29.7 Å². The molecule has 0 bridgehead atoms. The lowest BCUT2D eigenvalue weighted by atomic mass is 9.57. The Morgan fingerprint density at radius 1 is 0.978 bits per heavy atom. The van der Waals surface area contributed by atoms with E-state index >= 15 is 0 Å². The fourth-order valence-corrected chi connectivity index (χ4v) is 7.31. The monoisotopic (exact) mass is 609 g/mol. The SMILES string of the molecule is CN(C)[C@@H]1C(=O)C(C(N)=O)=C(O)[C@@]2(O)C(=O)C3=C(O)c4c(O)ccc(-c5cccc(CNCc6ccccc6)c5)c4C[C@@H]3C[C@@H]12. The molecule has 0 unspecified atom stereocenters. The van der Waals surface area contributed by atoms with Gasteiger partial charge in [-0.05, 0) is 72.8 Å². The molecule has 10 heteroatoms. The second-order valence-corrected chi connectivity index (χ2v) is 12.2. The summed E-state index contributed by atoms with van der Waals surface area (Å²) in [6.45, 7) is 1.31. The smallest absolute Gasteiger partial charge is 0.255 e. The van der Waals surface area contributed by atoms with Crippen LogP contribution in [0.4, 0.5) is 0 Å². The zero-order valence-electron chi connectivity index (χ0n) is 24.9. The number of aromatic hydroxyl groups is 1. The highest BCUT2D eigenvalue weighted by Gasteiger charge is 2.64. The van der Waals surface area contributed by atoms with Gasteiger partial charge in [0.15, 0.2) is 11.4 Å². The molecule has 3 aliphatic carbocycles. The molecule has 232 valence electrons. The number of aliphatic hydroxyl groups excluding tert-OH is 2. The van der Waals surface area contributed by atoms with Crippen LogP contribution in [0.3, 0.4) is 0 Å². The number of nitrogens with one attached hydrogen (secondary N) is 1. The van der Waals surface area contributed by atoms with Crippen molar-refractivity contribution in [2.75, 3.05) is 14.1 Å². The number of phenols is 1. The second-order valence-electron chi connectivity index (χ2n) is 12.2. The molecular weight excluding hydrogens is 574 g/mol. The number of fused-ring (bicyclic) bond motifs is 3. The van der Waals surface area contributed by atoms with Gasteiger partial charge in [0.05, 0.1) is 11.6 Å². The van der Waals surface area contributed by atoms with Gasteiger partial charge in [-0.25, -0.2) is 0 Å². The summed E-state index contributed by atoms with van der Waals surface area (Å²) >= 11 is 0. The van der Waals surface area contributed by atoms with Crippen LogP contribution in [0, 0.1) is 11.8 Å². The van der Waals surface area contributed by atoms with Gasteiger partial charge in [-0.3, -0.25) is 19.3 Å². The molecule has 3 aromatic carbocycles. The van der Waals surface area contributed by atoms with E-state index < -0.39 is 58.0 Å². The third-order valence-electron chi connectivity index (χ3n) is 9.34. The number of likely N-dealkylation sites (N-methyl/N-ethyl adjacent to an activating group) is 1. The molecule has 7 N–H and O–H groups in total. The van der Waals surface area contributed by atoms with Gasteiger partial charge in [-0.2, -0.15) is 0 Å². The van der Waals surface area contributed by atoms with Crippen LogP contribution in [-0.2, 0) is 33.9 Å². The first kappa shape index (κ1) is 30.3. The van der Waals surface area contributed by atoms with E-state index in [1.807, 2.05) is 42.5 Å². The van der Waals surface area contributed by atoms with Crippen molar-refractivity contribution in [1.29, 1.82) is 0 Å². The minimum absolute atomic E-state index is 0.0320. The summed E-state index contributed by atoms with van der Waals surface area (Å²) in [4.78, 5) is 41.1. The molecule has 0 heterocycles. The number of carbonyl (C=O) groups excluding carboxylic acids is 3. The van der Waals surface area contributed by atoms with Crippen LogP contribution >= 0.6 is 0 Å². The van der Waals surface area contributed by atoms with Crippen LogP contribution in [-0.4, -0.2) is 68.5 Å². The van der Waals surface area contributed by atoms with Crippen molar-refractivity contribution >= 4 is 23.2 Å². The van der Waals surface area contributed by atoms with E-state index in [2.05, 4.69) is 17.4 Å². The lowest BCUT2D eigenvalue weighted by Crippen LogP contribution is -2.65. The Labute approximate surface area is 260 Å². The number of benzene rings is 3. The van der Waals surface area contributed by atoms with Gasteiger partial charge in [0.1, 0.15) is 22.8 Å². The normalized spacial score (nSPS) is 24.4. The van der Waals surface area contributed by atoms with Gasteiger partial charge in [0, 0.05) is 24.6 Å². The van der Waals surface area contributed by atoms with E-state index in [1.54, 1.807) is 20.2 Å². The molecule has 1 fully saturated rings. The summed E-state index contributed by atoms with van der Waals surface area (Å²) in [6, 6.07) is 20.0. The Balaban J connectivity index is 1.40. The molecule has 0 aliphatic heterocycles. The zero-order valence-corrected chi connectivity index (χ0v) is 24.9. The Morgan fingerprint density at radius 3 is 2.36 bits per heavy atom. The second kappa shape index (κ2) is 11.3. The number of nitrogens with zero attached hydrogens (tertiary/aromatic N) is 1. The molecule has 3 aliphatic rings. The van der Waals surface area contributed by atoms with Crippen molar-refractivity contribution in [2.24, 2.45) is 17.6 Å². The molecule has 0 aromatic heterocycles. The largest absolute Gasteiger partial charge is 0.508 e. The molecule has 1 amide bonds. The first-order chi connectivity index (χ1) is 21.4. The number of primary amides is 1. The molecule has 4 atom stereocenters. The van der Waals surface area contributed by atoms with Crippen LogP contribution in [0.15, 0.2) is 83.6 Å². The van der Waals surface area contributed by atoms with E-state index in [4.69, 9.17) is 5.73 Å². The van der Waals surface area contributed by atoms with Gasteiger partial charge < -0.3 is 31.5 Å². The molecule has 1 saturated carbocycles. The summed E-state index contributed by atoms with van der Waals surface area (Å²) in [6.07, 6.45) is 0.249. The standard InChI is InChI=1S/C35H35N3O7/c1-38(2)29-24-15-21-14-23-22(20-10-6-9-19(13-20)17-37-16-18-7-4-3-5-8-18)11-12-25(39)27(23)30(40)26(21)32(42)35(24,45)33(43)28(31(29)41)34(36)44/h3-13,21,24,29,37,39-40,43,45H,14-17H2,1-2H3,(H2,36,44)/t21-,24+,29+,35+/m1/s1. The number of hydrogen-bond acceptors (Lipinski definition) is 9. The fourth-order valence-electron chi connectivity index (χ4n) is 7.31. The minimum Gasteiger partial charge on any atom is -0.508 e. The highest BCUT2D eigenvalue weighted by molar-refractivity contribution is 6.24. The van der Waals surface area contributed by atoms with Crippen molar-refractivity contribution in [2.45, 2.75) is 37.6 Å². The number of Topliss-reactive ketones (excluding diaryl/α,β-unsaturated/α-hetero) is 2. The Morgan fingerprint density at radius 2 is 1.67 bits per heavy atom. The van der Waals surface area contributed by atoms with Gasteiger partial charge in [0.2, 0.25) is 5.78 Å². The molecule has 3 aromatic rings. The average molecular weight is 610 g/mol. The molecule has 0 spiro atoms. The summed E-state index contributed by atoms with van der Waals surface area (Å²) < 4.78 is 0. The van der Waals surface area contributed by atoms with Crippen LogP contribution in [0.1, 0.15) is 28.7 Å². The van der Waals surface area contributed by atoms with E-state index in [0.29, 0.717) is 18.7 Å².